The van der Waals surface area contributed by atoms with Crippen LogP contribution in [0.1, 0.15) is 55.8 Å². The molecular formula is C21H28N4O2S. The number of hydrogen-bond acceptors (Lipinski definition) is 5. The maximum Gasteiger partial charge on any atom is 0.243 e. The van der Waals surface area contributed by atoms with E-state index in [1.807, 2.05) is 18.3 Å². The van der Waals surface area contributed by atoms with Crippen molar-refractivity contribution in [2.24, 2.45) is 0 Å². The van der Waals surface area contributed by atoms with Gasteiger partial charge < -0.3 is 4.90 Å². The molecular weight excluding hydrogens is 372 g/mol. The molecule has 4 rings (SSSR count). The molecule has 0 unspecified atom stereocenters. The molecule has 28 heavy (non-hydrogen) atoms. The lowest BCUT2D eigenvalue weighted by molar-refractivity contribution is 0.386. The zero-order valence-corrected chi connectivity index (χ0v) is 17.5. The van der Waals surface area contributed by atoms with Gasteiger partial charge in [-0.25, -0.2) is 18.4 Å². The standard InChI is InChI=1S/C21H28N4O2S/c1-16(2)17-6-8-19(9-7-17)28(26,27)25-13-10-20-18(15-25)14-22-21(23-20)24-11-4-3-5-12-24/h6-9,14,16H,3-5,10-13,15H2,1-2H3. The molecule has 1 fully saturated rings. The highest BCUT2D eigenvalue weighted by Gasteiger charge is 2.29. The fourth-order valence-electron chi connectivity index (χ4n) is 3.90. The summed E-state index contributed by atoms with van der Waals surface area (Å²) in [6.07, 6.45) is 6.08. The summed E-state index contributed by atoms with van der Waals surface area (Å²) in [7, 11) is -3.51. The van der Waals surface area contributed by atoms with Crippen molar-refractivity contribution in [1.29, 1.82) is 0 Å². The quantitative estimate of drug-likeness (QED) is 0.787. The maximum atomic E-state index is 13.1. The first-order valence-corrected chi connectivity index (χ1v) is 11.6. The van der Waals surface area contributed by atoms with Crippen molar-refractivity contribution in [1.82, 2.24) is 14.3 Å². The Kier molecular flexibility index (Phi) is 5.38. The largest absolute Gasteiger partial charge is 0.341 e. The molecule has 150 valence electrons. The summed E-state index contributed by atoms with van der Waals surface area (Å²) >= 11 is 0. The molecule has 2 aliphatic rings. The molecule has 1 aromatic carbocycles. The van der Waals surface area contributed by atoms with Gasteiger partial charge in [-0.05, 0) is 42.9 Å². The molecule has 0 amide bonds. The van der Waals surface area contributed by atoms with Crippen molar-refractivity contribution in [3.05, 3.63) is 47.3 Å². The SMILES string of the molecule is CC(C)c1ccc(S(=O)(=O)N2CCc3nc(N4CCCCC4)ncc3C2)cc1. The Labute approximate surface area is 167 Å². The summed E-state index contributed by atoms with van der Waals surface area (Å²) in [4.78, 5) is 11.9. The fourth-order valence-corrected chi connectivity index (χ4v) is 5.32. The Morgan fingerprint density at radius 3 is 2.39 bits per heavy atom. The number of rotatable bonds is 4. The first-order chi connectivity index (χ1) is 13.4. The second kappa shape index (κ2) is 7.79. The van der Waals surface area contributed by atoms with Gasteiger partial charge in [0, 0.05) is 44.4 Å². The topological polar surface area (TPSA) is 66.4 Å². The van der Waals surface area contributed by atoms with E-state index in [9.17, 15) is 8.42 Å². The lowest BCUT2D eigenvalue weighted by Crippen LogP contribution is -2.37. The van der Waals surface area contributed by atoms with Gasteiger partial charge in [0.1, 0.15) is 0 Å². The Morgan fingerprint density at radius 2 is 1.71 bits per heavy atom. The summed E-state index contributed by atoms with van der Waals surface area (Å²) in [5, 5.41) is 0. The number of fused-ring (bicyclic) bond motifs is 1. The summed E-state index contributed by atoms with van der Waals surface area (Å²) in [5.41, 5.74) is 3.04. The van der Waals surface area contributed by atoms with Crippen LogP contribution in [-0.2, 0) is 23.0 Å². The van der Waals surface area contributed by atoms with Crippen LogP contribution in [0, 0.1) is 0 Å². The smallest absolute Gasteiger partial charge is 0.243 e. The molecule has 0 saturated carbocycles. The molecule has 7 heteroatoms. The number of nitrogens with zero attached hydrogens (tertiary/aromatic N) is 4. The molecule has 1 aromatic heterocycles. The van der Waals surface area contributed by atoms with E-state index < -0.39 is 10.0 Å². The maximum absolute atomic E-state index is 13.1. The highest BCUT2D eigenvalue weighted by molar-refractivity contribution is 7.89. The van der Waals surface area contributed by atoms with E-state index in [1.54, 1.807) is 16.4 Å². The zero-order valence-electron chi connectivity index (χ0n) is 16.6. The van der Waals surface area contributed by atoms with Crippen molar-refractivity contribution in [3.8, 4) is 0 Å². The van der Waals surface area contributed by atoms with Gasteiger partial charge in [-0.15, -0.1) is 0 Å². The number of piperidine rings is 1. The normalized spacial score (nSPS) is 18.3. The minimum Gasteiger partial charge on any atom is -0.341 e. The second-order valence-electron chi connectivity index (χ2n) is 8.00. The Hall–Kier alpha value is -1.99. The molecule has 3 heterocycles. The van der Waals surface area contributed by atoms with Crippen molar-refractivity contribution < 1.29 is 8.42 Å². The lowest BCUT2D eigenvalue weighted by atomic mass is 10.0. The van der Waals surface area contributed by atoms with Gasteiger partial charge in [0.2, 0.25) is 16.0 Å². The molecule has 0 radical (unpaired) electrons. The van der Waals surface area contributed by atoms with E-state index in [1.165, 1.54) is 19.3 Å². The molecule has 6 nitrogen and oxygen atoms in total. The van der Waals surface area contributed by atoms with E-state index in [-0.39, 0.29) is 0 Å². The summed E-state index contributed by atoms with van der Waals surface area (Å²) < 4.78 is 27.7. The second-order valence-corrected chi connectivity index (χ2v) is 9.94. The third-order valence-electron chi connectivity index (χ3n) is 5.71. The van der Waals surface area contributed by atoms with Gasteiger partial charge in [-0.2, -0.15) is 4.31 Å². The fraction of sp³-hybridized carbons (Fsp3) is 0.524. The molecule has 0 spiro atoms. The van der Waals surface area contributed by atoms with E-state index in [0.29, 0.717) is 30.3 Å². The van der Waals surface area contributed by atoms with Crippen LogP contribution in [-0.4, -0.2) is 42.3 Å². The predicted octanol–water partition coefficient (Wildman–Crippen LogP) is 3.34. The van der Waals surface area contributed by atoms with Crippen LogP contribution in [0.4, 0.5) is 5.95 Å². The Balaban J connectivity index is 1.53. The minimum atomic E-state index is -3.51. The van der Waals surface area contributed by atoms with Gasteiger partial charge in [0.05, 0.1) is 10.6 Å². The average molecular weight is 401 g/mol. The zero-order chi connectivity index (χ0) is 19.7. The highest BCUT2D eigenvalue weighted by atomic mass is 32.2. The van der Waals surface area contributed by atoms with Crippen LogP contribution in [0.2, 0.25) is 0 Å². The average Bonchev–Trinajstić information content (AvgIpc) is 2.73. The molecule has 1 saturated heterocycles. The number of aromatic nitrogens is 2. The first-order valence-electron chi connectivity index (χ1n) is 10.1. The van der Waals surface area contributed by atoms with Crippen LogP contribution < -0.4 is 4.90 Å². The summed E-state index contributed by atoms with van der Waals surface area (Å²) in [5.74, 6) is 1.17. The molecule has 2 aliphatic heterocycles. The molecule has 0 aliphatic carbocycles. The molecule has 0 bridgehead atoms. The van der Waals surface area contributed by atoms with Crippen LogP contribution in [0.3, 0.4) is 0 Å². The molecule has 0 N–H and O–H groups in total. The van der Waals surface area contributed by atoms with Gasteiger partial charge in [-0.1, -0.05) is 26.0 Å². The van der Waals surface area contributed by atoms with E-state index >= 15 is 0 Å². The van der Waals surface area contributed by atoms with Crippen LogP contribution in [0.5, 0.6) is 0 Å². The number of benzene rings is 1. The third kappa shape index (κ3) is 3.78. The van der Waals surface area contributed by atoms with Crippen LogP contribution >= 0.6 is 0 Å². The highest BCUT2D eigenvalue weighted by Crippen LogP contribution is 2.26. The first kappa shape index (κ1) is 19.3. The van der Waals surface area contributed by atoms with E-state index in [4.69, 9.17) is 4.98 Å². The Bertz CT molecular complexity index is 935. The predicted molar refractivity (Wildman–Crippen MR) is 110 cm³/mol. The number of hydrogen-bond donors (Lipinski definition) is 0. The summed E-state index contributed by atoms with van der Waals surface area (Å²) in [6, 6.07) is 7.25. The number of sulfonamides is 1. The summed E-state index contributed by atoms with van der Waals surface area (Å²) in [6.45, 7) is 7.01. The van der Waals surface area contributed by atoms with Gasteiger partial charge in [0.15, 0.2) is 0 Å². The van der Waals surface area contributed by atoms with Crippen molar-refractivity contribution in [3.63, 3.8) is 0 Å². The van der Waals surface area contributed by atoms with Crippen LogP contribution in [0.15, 0.2) is 35.4 Å². The van der Waals surface area contributed by atoms with Crippen molar-refractivity contribution in [2.45, 2.75) is 56.9 Å². The van der Waals surface area contributed by atoms with Gasteiger partial charge in [-0.3, -0.25) is 0 Å². The van der Waals surface area contributed by atoms with Crippen molar-refractivity contribution in [2.75, 3.05) is 24.5 Å². The molecule has 2 aromatic rings. The van der Waals surface area contributed by atoms with Gasteiger partial charge >= 0.3 is 0 Å². The Morgan fingerprint density at radius 1 is 1.00 bits per heavy atom. The lowest BCUT2D eigenvalue weighted by Gasteiger charge is -2.30. The van der Waals surface area contributed by atoms with E-state index in [2.05, 4.69) is 23.7 Å². The van der Waals surface area contributed by atoms with Crippen molar-refractivity contribution >= 4 is 16.0 Å². The van der Waals surface area contributed by atoms with Crippen LogP contribution in [0.25, 0.3) is 0 Å². The monoisotopic (exact) mass is 400 g/mol. The van der Waals surface area contributed by atoms with E-state index in [0.717, 1.165) is 35.9 Å². The van der Waals surface area contributed by atoms with Gasteiger partial charge in [0.25, 0.3) is 0 Å². The number of anilines is 1. The third-order valence-corrected chi connectivity index (χ3v) is 7.57. The minimum absolute atomic E-state index is 0.337. The molecule has 0 atom stereocenters.